The van der Waals surface area contributed by atoms with Crippen LogP contribution in [-0.4, -0.2) is 25.6 Å². The fourth-order valence-electron chi connectivity index (χ4n) is 1.29. The minimum Gasteiger partial charge on any atom is -0.366 e. The quantitative estimate of drug-likeness (QED) is 0.504. The van der Waals surface area contributed by atoms with Gasteiger partial charge in [-0.05, 0) is 6.07 Å². The Morgan fingerprint density at radius 2 is 2.22 bits per heavy atom. The molecule has 0 aliphatic rings. The molecule has 8 nitrogen and oxygen atoms in total. The standard InChI is InChI=1S/C9H6ClN5O3/c10-7-2-1-6(15(17)18)9(13-7)14-4-5(3-12-14)8(11)16/h1-4H,(H2,11,16). The van der Waals surface area contributed by atoms with Crippen molar-refractivity contribution in [3.63, 3.8) is 0 Å². The van der Waals surface area contributed by atoms with E-state index in [9.17, 15) is 14.9 Å². The van der Waals surface area contributed by atoms with E-state index < -0.39 is 10.8 Å². The third-order valence-electron chi connectivity index (χ3n) is 2.10. The van der Waals surface area contributed by atoms with Crippen molar-refractivity contribution in [2.75, 3.05) is 0 Å². The summed E-state index contributed by atoms with van der Waals surface area (Å²) in [6, 6.07) is 2.50. The van der Waals surface area contributed by atoms with Crippen LogP contribution in [0.3, 0.4) is 0 Å². The van der Waals surface area contributed by atoms with Gasteiger partial charge in [-0.3, -0.25) is 14.9 Å². The highest BCUT2D eigenvalue weighted by Gasteiger charge is 2.19. The molecule has 0 aliphatic carbocycles. The summed E-state index contributed by atoms with van der Waals surface area (Å²) < 4.78 is 1.07. The number of nitrogens with two attached hydrogens (primary N) is 1. The molecule has 0 atom stereocenters. The Balaban J connectivity index is 2.57. The van der Waals surface area contributed by atoms with Crippen LogP contribution in [0.25, 0.3) is 5.82 Å². The van der Waals surface area contributed by atoms with Crippen LogP contribution in [0, 0.1) is 10.1 Å². The largest absolute Gasteiger partial charge is 0.366 e. The lowest BCUT2D eigenvalue weighted by molar-refractivity contribution is -0.384. The maximum atomic E-state index is 10.9. The van der Waals surface area contributed by atoms with Gasteiger partial charge in [0, 0.05) is 12.3 Å². The fraction of sp³-hybridized carbons (Fsp3) is 0. The first kappa shape index (κ1) is 12.0. The molecule has 0 unspecified atom stereocenters. The van der Waals surface area contributed by atoms with E-state index in [2.05, 4.69) is 10.1 Å². The van der Waals surface area contributed by atoms with E-state index >= 15 is 0 Å². The molecule has 0 saturated heterocycles. The van der Waals surface area contributed by atoms with Crippen LogP contribution in [0.5, 0.6) is 0 Å². The van der Waals surface area contributed by atoms with Crippen LogP contribution in [-0.2, 0) is 0 Å². The van der Waals surface area contributed by atoms with E-state index in [4.69, 9.17) is 17.3 Å². The van der Waals surface area contributed by atoms with Gasteiger partial charge >= 0.3 is 5.69 Å². The Morgan fingerprint density at radius 3 is 2.78 bits per heavy atom. The number of carbonyl (C=O) groups excluding carboxylic acids is 1. The molecule has 2 rings (SSSR count). The Kier molecular flexibility index (Phi) is 2.94. The molecule has 9 heteroatoms. The molecule has 2 aromatic rings. The number of halogens is 1. The maximum Gasteiger partial charge on any atom is 0.313 e. The number of hydrogen-bond donors (Lipinski definition) is 1. The third kappa shape index (κ3) is 2.13. The lowest BCUT2D eigenvalue weighted by Gasteiger charge is -2.01. The van der Waals surface area contributed by atoms with Crippen LogP contribution in [0.2, 0.25) is 5.15 Å². The van der Waals surface area contributed by atoms with Crippen LogP contribution in [0.15, 0.2) is 24.5 Å². The van der Waals surface area contributed by atoms with Gasteiger partial charge in [0.25, 0.3) is 5.91 Å². The maximum absolute atomic E-state index is 10.9. The number of nitrogens with zero attached hydrogens (tertiary/aromatic N) is 4. The first-order valence-electron chi connectivity index (χ1n) is 4.65. The van der Waals surface area contributed by atoms with Crippen molar-refractivity contribution in [2.45, 2.75) is 0 Å². The smallest absolute Gasteiger partial charge is 0.313 e. The summed E-state index contributed by atoms with van der Waals surface area (Å²) in [6.07, 6.45) is 2.43. The van der Waals surface area contributed by atoms with Gasteiger partial charge in [0.2, 0.25) is 5.82 Å². The molecule has 18 heavy (non-hydrogen) atoms. The molecule has 2 heterocycles. The van der Waals surface area contributed by atoms with Gasteiger partial charge in [-0.1, -0.05) is 11.6 Å². The lowest BCUT2D eigenvalue weighted by atomic mass is 10.3. The van der Waals surface area contributed by atoms with Gasteiger partial charge in [0.05, 0.1) is 16.7 Å². The van der Waals surface area contributed by atoms with Crippen molar-refractivity contribution in [1.29, 1.82) is 0 Å². The number of rotatable bonds is 3. The third-order valence-corrected chi connectivity index (χ3v) is 2.31. The van der Waals surface area contributed by atoms with Crippen molar-refractivity contribution in [3.8, 4) is 5.82 Å². The predicted molar refractivity (Wildman–Crippen MR) is 61.5 cm³/mol. The average Bonchev–Trinajstić information content (AvgIpc) is 2.77. The zero-order chi connectivity index (χ0) is 13.3. The summed E-state index contributed by atoms with van der Waals surface area (Å²) in [5.41, 5.74) is 4.90. The molecule has 92 valence electrons. The number of pyridine rings is 1. The minimum absolute atomic E-state index is 0.0757. The van der Waals surface area contributed by atoms with E-state index in [1.54, 1.807) is 0 Å². The van der Waals surface area contributed by atoms with E-state index in [0.29, 0.717) is 0 Å². The van der Waals surface area contributed by atoms with Gasteiger partial charge in [0.15, 0.2) is 0 Å². The monoisotopic (exact) mass is 267 g/mol. The van der Waals surface area contributed by atoms with Crippen molar-refractivity contribution in [1.82, 2.24) is 14.8 Å². The van der Waals surface area contributed by atoms with E-state index in [0.717, 1.165) is 4.68 Å². The Bertz CT molecular complexity index is 639. The summed E-state index contributed by atoms with van der Waals surface area (Å²) in [5, 5.41) is 14.7. The van der Waals surface area contributed by atoms with Gasteiger partial charge in [0.1, 0.15) is 5.15 Å². The van der Waals surface area contributed by atoms with Crippen LogP contribution >= 0.6 is 11.6 Å². The molecule has 2 aromatic heterocycles. The van der Waals surface area contributed by atoms with E-state index in [1.165, 1.54) is 24.5 Å². The predicted octanol–water partition coefficient (Wildman–Crippen LogP) is 0.928. The highest BCUT2D eigenvalue weighted by molar-refractivity contribution is 6.29. The number of hydrogen-bond acceptors (Lipinski definition) is 5. The number of nitro groups is 1. The van der Waals surface area contributed by atoms with Gasteiger partial charge in [-0.2, -0.15) is 5.10 Å². The molecular weight excluding hydrogens is 262 g/mol. The zero-order valence-corrected chi connectivity index (χ0v) is 9.53. The molecule has 0 radical (unpaired) electrons. The molecule has 2 N–H and O–H groups in total. The van der Waals surface area contributed by atoms with Crippen LogP contribution in [0.1, 0.15) is 10.4 Å². The second kappa shape index (κ2) is 4.41. The highest BCUT2D eigenvalue weighted by Crippen LogP contribution is 2.22. The first-order valence-corrected chi connectivity index (χ1v) is 5.02. The summed E-state index contributed by atoms with van der Waals surface area (Å²) >= 11 is 5.67. The summed E-state index contributed by atoms with van der Waals surface area (Å²) in [7, 11) is 0. The SMILES string of the molecule is NC(=O)c1cnn(-c2nc(Cl)ccc2[N+](=O)[O-])c1. The molecule has 1 amide bonds. The van der Waals surface area contributed by atoms with Crippen molar-refractivity contribution < 1.29 is 9.72 Å². The minimum atomic E-state index is -0.689. The average molecular weight is 268 g/mol. The summed E-state index contributed by atoms with van der Waals surface area (Å²) in [6.45, 7) is 0. The summed E-state index contributed by atoms with van der Waals surface area (Å²) in [4.78, 5) is 24.9. The number of amides is 1. The molecule has 0 fully saturated rings. The zero-order valence-electron chi connectivity index (χ0n) is 8.78. The molecular formula is C9H6ClN5O3. The van der Waals surface area contributed by atoms with Gasteiger partial charge in [-0.15, -0.1) is 0 Å². The fourth-order valence-corrected chi connectivity index (χ4v) is 1.44. The summed E-state index contributed by atoms with van der Waals surface area (Å²) in [5.74, 6) is -0.772. The number of primary amides is 1. The topological polar surface area (TPSA) is 117 Å². The second-order valence-electron chi connectivity index (χ2n) is 3.27. The van der Waals surface area contributed by atoms with Crippen molar-refractivity contribution >= 4 is 23.2 Å². The van der Waals surface area contributed by atoms with Crippen molar-refractivity contribution in [3.05, 3.63) is 45.4 Å². The number of carbonyl (C=O) groups is 1. The van der Waals surface area contributed by atoms with Crippen LogP contribution in [0.4, 0.5) is 5.69 Å². The first-order chi connectivity index (χ1) is 8.49. The van der Waals surface area contributed by atoms with E-state index in [1.807, 2.05) is 0 Å². The molecule has 0 aliphatic heterocycles. The molecule has 0 saturated carbocycles. The Labute approximate surface area is 105 Å². The van der Waals surface area contributed by atoms with Gasteiger partial charge < -0.3 is 5.73 Å². The van der Waals surface area contributed by atoms with Gasteiger partial charge in [-0.25, -0.2) is 9.67 Å². The normalized spacial score (nSPS) is 10.3. The van der Waals surface area contributed by atoms with Crippen molar-refractivity contribution in [2.24, 2.45) is 5.73 Å². The lowest BCUT2D eigenvalue weighted by Crippen LogP contribution is -2.09. The molecule has 0 bridgehead atoms. The van der Waals surface area contributed by atoms with E-state index in [-0.39, 0.29) is 22.2 Å². The van der Waals surface area contributed by atoms with Crippen LogP contribution < -0.4 is 5.73 Å². The number of aromatic nitrogens is 3. The second-order valence-corrected chi connectivity index (χ2v) is 3.66. The Morgan fingerprint density at radius 1 is 1.50 bits per heavy atom. The molecule has 0 aromatic carbocycles. The highest BCUT2D eigenvalue weighted by atomic mass is 35.5. The Hall–Kier alpha value is -2.48. The molecule has 0 spiro atoms.